The van der Waals surface area contributed by atoms with Crippen molar-refractivity contribution in [3.05, 3.63) is 108 Å². The number of hydrogen-bond donors (Lipinski definition) is 2. The highest BCUT2D eigenvalue weighted by atomic mass is 16.3. The molecule has 220 valence electrons. The van der Waals surface area contributed by atoms with Crippen molar-refractivity contribution >= 4 is 28.7 Å². The van der Waals surface area contributed by atoms with Crippen molar-refractivity contribution in [2.75, 3.05) is 6.54 Å². The second-order valence-corrected chi connectivity index (χ2v) is 11.2. The summed E-state index contributed by atoms with van der Waals surface area (Å²) in [6.07, 6.45) is 2.13. The Balaban J connectivity index is 1.36. The van der Waals surface area contributed by atoms with E-state index in [1.54, 1.807) is 45.2 Å². The van der Waals surface area contributed by atoms with Crippen molar-refractivity contribution in [3.63, 3.8) is 0 Å². The molecule has 1 aromatic heterocycles. The molecule has 3 aromatic carbocycles. The van der Waals surface area contributed by atoms with Crippen LogP contribution in [0.2, 0.25) is 0 Å². The predicted molar refractivity (Wildman–Crippen MR) is 163 cm³/mol. The van der Waals surface area contributed by atoms with Crippen LogP contribution in [0.5, 0.6) is 5.75 Å². The van der Waals surface area contributed by atoms with E-state index in [-0.39, 0.29) is 49.0 Å². The van der Waals surface area contributed by atoms with Gasteiger partial charge < -0.3 is 20.2 Å². The summed E-state index contributed by atoms with van der Waals surface area (Å²) in [6.45, 7) is 2.82. The van der Waals surface area contributed by atoms with Gasteiger partial charge in [-0.15, -0.1) is 0 Å². The van der Waals surface area contributed by atoms with Crippen LogP contribution in [0.4, 0.5) is 4.79 Å². The van der Waals surface area contributed by atoms with Crippen LogP contribution in [0.25, 0.3) is 10.9 Å². The SMILES string of the molecule is CCC1CC(=O)N2[C@H](CN(Cc3cccc4cccnc34)C(=O)[C@@H]2Cc2ccc(O)cc2)N1C(=O)NCc1ccccc1. The molecule has 0 radical (unpaired) electrons. The number of nitrogens with zero attached hydrogens (tertiary/aromatic N) is 4. The first-order valence-electron chi connectivity index (χ1n) is 14.7. The Morgan fingerprint density at radius 2 is 1.72 bits per heavy atom. The van der Waals surface area contributed by atoms with Gasteiger partial charge >= 0.3 is 6.03 Å². The molecule has 2 aliphatic rings. The number of urea groups is 1. The van der Waals surface area contributed by atoms with Crippen LogP contribution in [0.3, 0.4) is 0 Å². The number of pyridine rings is 1. The van der Waals surface area contributed by atoms with Gasteiger partial charge in [-0.25, -0.2) is 4.79 Å². The molecule has 6 rings (SSSR count). The Kier molecular flexibility index (Phi) is 7.96. The summed E-state index contributed by atoms with van der Waals surface area (Å²) in [7, 11) is 0. The fourth-order valence-electron chi connectivity index (χ4n) is 6.31. The maximum atomic E-state index is 14.2. The summed E-state index contributed by atoms with van der Waals surface area (Å²) in [5.74, 6) is -0.180. The third-order valence-electron chi connectivity index (χ3n) is 8.49. The van der Waals surface area contributed by atoms with E-state index >= 15 is 0 Å². The minimum absolute atomic E-state index is 0.128. The van der Waals surface area contributed by atoms with Crippen molar-refractivity contribution in [2.24, 2.45) is 0 Å². The largest absolute Gasteiger partial charge is 0.508 e. The van der Waals surface area contributed by atoms with E-state index in [1.807, 2.05) is 67.6 Å². The zero-order chi connectivity index (χ0) is 29.9. The van der Waals surface area contributed by atoms with Gasteiger partial charge in [-0.3, -0.25) is 19.5 Å². The minimum atomic E-state index is -0.805. The second-order valence-electron chi connectivity index (χ2n) is 11.2. The molecule has 1 unspecified atom stereocenters. The van der Waals surface area contributed by atoms with E-state index < -0.39 is 12.2 Å². The molecule has 2 aliphatic heterocycles. The predicted octanol–water partition coefficient (Wildman–Crippen LogP) is 4.44. The normalized spacial score (nSPS) is 20.3. The maximum Gasteiger partial charge on any atom is 0.319 e. The van der Waals surface area contributed by atoms with Gasteiger partial charge in [-0.2, -0.15) is 0 Å². The van der Waals surface area contributed by atoms with Gasteiger partial charge in [0.25, 0.3) is 0 Å². The third kappa shape index (κ3) is 5.75. The molecule has 2 saturated heterocycles. The molecule has 3 atom stereocenters. The molecule has 0 spiro atoms. The van der Waals surface area contributed by atoms with E-state index in [2.05, 4.69) is 10.3 Å². The Morgan fingerprint density at radius 3 is 2.49 bits per heavy atom. The van der Waals surface area contributed by atoms with Gasteiger partial charge in [0.2, 0.25) is 11.8 Å². The van der Waals surface area contributed by atoms with E-state index in [1.165, 1.54) is 0 Å². The molecule has 0 aliphatic carbocycles. The summed E-state index contributed by atoms with van der Waals surface area (Å²) < 4.78 is 0. The number of carbonyl (C=O) groups is 3. The first-order valence-corrected chi connectivity index (χ1v) is 14.7. The monoisotopic (exact) mass is 577 g/mol. The molecular formula is C34H35N5O4. The molecule has 0 bridgehead atoms. The van der Waals surface area contributed by atoms with Crippen LogP contribution in [0.15, 0.2) is 91.1 Å². The highest BCUT2D eigenvalue weighted by Gasteiger charge is 2.51. The first kappa shape index (κ1) is 28.2. The lowest BCUT2D eigenvalue weighted by Gasteiger charge is -2.54. The fraction of sp³-hybridized carbons (Fsp3) is 0.294. The smallest absolute Gasteiger partial charge is 0.319 e. The van der Waals surface area contributed by atoms with Crippen LogP contribution in [0.1, 0.15) is 36.5 Å². The molecule has 2 fully saturated rings. The lowest BCUT2D eigenvalue weighted by Crippen LogP contribution is -2.74. The van der Waals surface area contributed by atoms with Crippen molar-refractivity contribution in [2.45, 2.75) is 57.5 Å². The number of aromatic hydroxyl groups is 1. The van der Waals surface area contributed by atoms with Gasteiger partial charge in [-0.05, 0) is 41.3 Å². The number of fused-ring (bicyclic) bond motifs is 2. The molecular weight excluding hydrogens is 542 g/mol. The van der Waals surface area contributed by atoms with Crippen molar-refractivity contribution < 1.29 is 19.5 Å². The lowest BCUT2D eigenvalue weighted by molar-refractivity contribution is -0.170. The summed E-state index contributed by atoms with van der Waals surface area (Å²) in [6, 6.07) is 24.8. The number of amides is 4. The number of carbonyl (C=O) groups excluding carboxylic acids is 3. The number of nitrogens with one attached hydrogen (secondary N) is 1. The molecule has 9 nitrogen and oxygen atoms in total. The van der Waals surface area contributed by atoms with Crippen LogP contribution in [0, 0.1) is 0 Å². The number of para-hydroxylation sites is 1. The van der Waals surface area contributed by atoms with Gasteiger partial charge in [0.15, 0.2) is 0 Å². The van der Waals surface area contributed by atoms with E-state index in [4.69, 9.17) is 0 Å². The minimum Gasteiger partial charge on any atom is -0.508 e. The van der Waals surface area contributed by atoms with Gasteiger partial charge in [0, 0.05) is 43.6 Å². The molecule has 43 heavy (non-hydrogen) atoms. The summed E-state index contributed by atoms with van der Waals surface area (Å²) >= 11 is 0. The van der Waals surface area contributed by atoms with Crippen molar-refractivity contribution in [1.82, 2.24) is 25.0 Å². The highest BCUT2D eigenvalue weighted by molar-refractivity contribution is 5.92. The van der Waals surface area contributed by atoms with Crippen LogP contribution >= 0.6 is 0 Å². The quantitative estimate of drug-likeness (QED) is 0.338. The van der Waals surface area contributed by atoms with Crippen LogP contribution in [-0.4, -0.2) is 67.4 Å². The van der Waals surface area contributed by atoms with E-state index in [0.717, 1.165) is 27.6 Å². The van der Waals surface area contributed by atoms with Gasteiger partial charge in [0.05, 0.1) is 12.1 Å². The third-order valence-corrected chi connectivity index (χ3v) is 8.49. The molecule has 3 heterocycles. The summed E-state index contributed by atoms with van der Waals surface area (Å²) in [5.41, 5.74) is 3.51. The molecule has 9 heteroatoms. The molecule has 4 amide bonds. The highest BCUT2D eigenvalue weighted by Crippen LogP contribution is 2.33. The fourth-order valence-corrected chi connectivity index (χ4v) is 6.31. The average Bonchev–Trinajstić information content (AvgIpc) is 3.03. The van der Waals surface area contributed by atoms with Crippen LogP contribution in [-0.2, 0) is 29.1 Å². The number of benzene rings is 3. The topological polar surface area (TPSA) is 106 Å². The first-order chi connectivity index (χ1) is 20.9. The standard InChI is InChI=1S/C34H35N5O4/c1-2-27-19-31(41)39-29(18-23-13-15-28(40)16-14-23)33(42)37(21-26-11-6-10-25-12-7-17-35-32(25)26)22-30(39)38(27)34(43)36-20-24-8-4-3-5-9-24/h3-17,27,29-30,40H,2,18-22H2,1H3,(H,36,43)/t27?,29-,30+/m0/s1. The molecule has 2 N–H and O–H groups in total. The Labute approximate surface area is 250 Å². The summed E-state index contributed by atoms with van der Waals surface area (Å²) in [4.78, 5) is 51.6. The average molecular weight is 578 g/mol. The zero-order valence-corrected chi connectivity index (χ0v) is 24.1. The number of hydrogen-bond acceptors (Lipinski definition) is 5. The van der Waals surface area contributed by atoms with Crippen LogP contribution < -0.4 is 5.32 Å². The number of piperazine rings is 1. The second kappa shape index (κ2) is 12.1. The number of aromatic nitrogens is 1. The Bertz CT molecular complexity index is 1620. The zero-order valence-electron chi connectivity index (χ0n) is 24.1. The lowest BCUT2D eigenvalue weighted by atomic mass is 9.94. The van der Waals surface area contributed by atoms with E-state index in [9.17, 15) is 19.5 Å². The maximum absolute atomic E-state index is 14.2. The Hall–Kier alpha value is -4.92. The summed E-state index contributed by atoms with van der Waals surface area (Å²) in [5, 5.41) is 13.9. The molecule has 4 aromatic rings. The van der Waals surface area contributed by atoms with Gasteiger partial charge in [-0.1, -0.05) is 73.7 Å². The number of phenols is 1. The molecule has 0 saturated carbocycles. The Morgan fingerprint density at radius 1 is 0.953 bits per heavy atom. The number of rotatable bonds is 7. The number of phenolic OH excluding ortho intramolecular Hbond substituents is 1. The van der Waals surface area contributed by atoms with Gasteiger partial charge in [0.1, 0.15) is 18.0 Å². The van der Waals surface area contributed by atoms with Crippen molar-refractivity contribution in [3.8, 4) is 5.75 Å². The van der Waals surface area contributed by atoms with E-state index in [0.29, 0.717) is 19.5 Å². The van der Waals surface area contributed by atoms with Crippen molar-refractivity contribution in [1.29, 1.82) is 0 Å².